The van der Waals surface area contributed by atoms with E-state index in [0.29, 0.717) is 24.2 Å². The van der Waals surface area contributed by atoms with Crippen molar-refractivity contribution in [3.63, 3.8) is 0 Å². The summed E-state index contributed by atoms with van der Waals surface area (Å²) in [4.78, 5) is 22.3. The Morgan fingerprint density at radius 2 is 2.09 bits per heavy atom. The van der Waals surface area contributed by atoms with Crippen LogP contribution in [0.3, 0.4) is 0 Å². The van der Waals surface area contributed by atoms with E-state index in [9.17, 15) is 4.79 Å². The van der Waals surface area contributed by atoms with Gasteiger partial charge in [0.15, 0.2) is 11.6 Å². The zero-order valence-electron chi connectivity index (χ0n) is 18.1. The molecule has 3 aromatic rings. The van der Waals surface area contributed by atoms with Crippen LogP contribution in [0.2, 0.25) is 0 Å². The maximum Gasteiger partial charge on any atom is 0.246 e. The Bertz CT molecular complexity index is 1130. The molecule has 3 aromatic heterocycles. The lowest BCUT2D eigenvalue weighted by Crippen LogP contribution is -2.49. The van der Waals surface area contributed by atoms with E-state index in [1.165, 1.54) is 18.5 Å². The number of anilines is 3. The van der Waals surface area contributed by atoms with Crippen LogP contribution in [-0.2, 0) is 4.79 Å². The van der Waals surface area contributed by atoms with E-state index in [4.69, 9.17) is 15.8 Å². The van der Waals surface area contributed by atoms with E-state index in [1.807, 2.05) is 27.7 Å². The van der Waals surface area contributed by atoms with Gasteiger partial charge in [-0.2, -0.15) is 10.1 Å². The van der Waals surface area contributed by atoms with E-state index < -0.39 is 0 Å². The minimum Gasteiger partial charge on any atom is -0.337 e. The first-order valence-electron chi connectivity index (χ1n) is 11.7. The van der Waals surface area contributed by atoms with E-state index in [2.05, 4.69) is 26.5 Å². The Labute approximate surface area is 186 Å². The van der Waals surface area contributed by atoms with Gasteiger partial charge in [-0.15, -0.1) is 5.10 Å². The summed E-state index contributed by atoms with van der Waals surface area (Å²) in [5.74, 6) is 2.76. The molecule has 1 aliphatic carbocycles. The molecule has 10 nitrogen and oxygen atoms in total. The highest BCUT2D eigenvalue weighted by atomic mass is 16.2. The first-order chi connectivity index (χ1) is 15.7. The number of nitrogens with zero attached hydrogens (tertiary/aromatic N) is 6. The van der Waals surface area contributed by atoms with E-state index in [-0.39, 0.29) is 18.0 Å². The molecule has 0 spiro atoms. The number of likely N-dealkylation sites (tertiary alicyclic amines) is 1. The molecule has 2 saturated heterocycles. The molecule has 5 heterocycles. The number of aromatic amines is 1. The van der Waals surface area contributed by atoms with Gasteiger partial charge < -0.3 is 20.9 Å². The number of hydrogen-bond acceptors (Lipinski definition) is 7. The molecule has 1 saturated carbocycles. The first-order valence-corrected chi connectivity index (χ1v) is 11.7. The molecule has 32 heavy (non-hydrogen) atoms. The zero-order valence-corrected chi connectivity index (χ0v) is 18.1. The van der Waals surface area contributed by atoms with Gasteiger partial charge in [-0.3, -0.25) is 9.89 Å². The van der Waals surface area contributed by atoms with Crippen molar-refractivity contribution in [1.29, 1.82) is 0 Å². The Hall–Kier alpha value is -3.14. The lowest BCUT2D eigenvalue weighted by atomic mass is 10.1. The molecule has 2 atom stereocenters. The standard InChI is InChI=1S/C22H29N9O/c23-13-15-4-1-9-29(15)21(32)18-6-2-10-30(18)22-25-20(17-5-3-11-31(17)28-22)24-19-12-16(26-27-19)14-7-8-14/h3,5,11-12,14-15,18H,1-2,4,6-10,13,23H2,(H2,24,25,26,27,28)/t15-,18+/m1/s1. The monoisotopic (exact) mass is 435 g/mol. The number of hydrogen-bond donors (Lipinski definition) is 3. The number of H-pyrrole nitrogens is 1. The van der Waals surface area contributed by atoms with Crippen molar-refractivity contribution in [2.24, 2.45) is 5.73 Å². The van der Waals surface area contributed by atoms with Crippen molar-refractivity contribution in [2.45, 2.75) is 56.5 Å². The molecule has 0 aromatic carbocycles. The van der Waals surface area contributed by atoms with Gasteiger partial charge in [-0.25, -0.2) is 4.52 Å². The van der Waals surface area contributed by atoms with E-state index in [1.54, 1.807) is 0 Å². The molecule has 0 radical (unpaired) electrons. The van der Waals surface area contributed by atoms with Crippen LogP contribution in [0, 0.1) is 0 Å². The number of amides is 1. The SMILES string of the molecule is NC[C@H]1CCCN1C(=O)[C@@H]1CCCN1c1nc(Nc2cc(C3CC3)[nH]n2)c2cccn2n1. The molecule has 168 valence electrons. The summed E-state index contributed by atoms with van der Waals surface area (Å²) in [6, 6.07) is 5.89. The van der Waals surface area contributed by atoms with Crippen LogP contribution in [0.5, 0.6) is 0 Å². The van der Waals surface area contributed by atoms with Crippen LogP contribution in [0.15, 0.2) is 24.4 Å². The van der Waals surface area contributed by atoms with Crippen molar-refractivity contribution in [3.05, 3.63) is 30.1 Å². The highest BCUT2D eigenvalue weighted by Gasteiger charge is 2.39. The fraction of sp³-hybridized carbons (Fsp3) is 0.545. The number of carbonyl (C=O) groups excluding carboxylic acids is 1. The lowest BCUT2D eigenvalue weighted by molar-refractivity contribution is -0.133. The topological polar surface area (TPSA) is 120 Å². The molecule has 2 aliphatic heterocycles. The van der Waals surface area contributed by atoms with Crippen molar-refractivity contribution >= 4 is 29.0 Å². The number of nitrogens with one attached hydrogen (secondary N) is 2. The van der Waals surface area contributed by atoms with Gasteiger partial charge in [0.25, 0.3) is 0 Å². The van der Waals surface area contributed by atoms with Crippen LogP contribution in [0.1, 0.15) is 50.1 Å². The Kier molecular flexibility index (Phi) is 4.74. The molecule has 0 unspecified atom stereocenters. The summed E-state index contributed by atoms with van der Waals surface area (Å²) < 4.78 is 1.82. The zero-order chi connectivity index (χ0) is 21.7. The highest BCUT2D eigenvalue weighted by Crippen LogP contribution is 2.39. The first kappa shape index (κ1) is 19.5. The van der Waals surface area contributed by atoms with Crippen molar-refractivity contribution < 1.29 is 4.79 Å². The summed E-state index contributed by atoms with van der Waals surface area (Å²) in [5.41, 5.74) is 7.96. The maximum absolute atomic E-state index is 13.4. The van der Waals surface area contributed by atoms with Crippen molar-refractivity contribution in [3.8, 4) is 0 Å². The smallest absolute Gasteiger partial charge is 0.246 e. The van der Waals surface area contributed by atoms with Gasteiger partial charge in [-0.05, 0) is 50.7 Å². The van der Waals surface area contributed by atoms with Crippen LogP contribution >= 0.6 is 0 Å². The minimum absolute atomic E-state index is 0.148. The molecular weight excluding hydrogens is 406 g/mol. The summed E-state index contributed by atoms with van der Waals surface area (Å²) in [7, 11) is 0. The van der Waals surface area contributed by atoms with Crippen LogP contribution in [-0.4, -0.2) is 67.3 Å². The van der Waals surface area contributed by atoms with Gasteiger partial charge in [-0.1, -0.05) is 0 Å². The second kappa shape index (κ2) is 7.77. The van der Waals surface area contributed by atoms with E-state index in [0.717, 1.165) is 50.1 Å². The molecule has 3 aliphatic rings. The predicted molar refractivity (Wildman–Crippen MR) is 121 cm³/mol. The Morgan fingerprint density at radius 3 is 2.94 bits per heavy atom. The van der Waals surface area contributed by atoms with Crippen LogP contribution < -0.4 is 16.0 Å². The summed E-state index contributed by atoms with van der Waals surface area (Å²) in [6.07, 6.45) is 8.10. The summed E-state index contributed by atoms with van der Waals surface area (Å²) >= 11 is 0. The Balaban J connectivity index is 1.30. The number of nitrogens with two attached hydrogens (primary N) is 1. The third-order valence-corrected chi connectivity index (χ3v) is 6.97. The second-order valence-corrected chi connectivity index (χ2v) is 9.12. The quantitative estimate of drug-likeness (QED) is 0.541. The molecule has 3 fully saturated rings. The third kappa shape index (κ3) is 3.38. The third-order valence-electron chi connectivity index (χ3n) is 6.97. The molecule has 1 amide bonds. The van der Waals surface area contributed by atoms with Gasteiger partial charge in [0, 0.05) is 49.6 Å². The molecule has 10 heteroatoms. The Morgan fingerprint density at radius 1 is 1.22 bits per heavy atom. The number of carbonyl (C=O) groups is 1. The van der Waals surface area contributed by atoms with E-state index >= 15 is 0 Å². The molecular formula is C22H29N9O. The molecule has 0 bridgehead atoms. The largest absolute Gasteiger partial charge is 0.337 e. The van der Waals surface area contributed by atoms with Crippen LogP contribution in [0.4, 0.5) is 17.6 Å². The number of rotatable bonds is 6. The molecule has 6 rings (SSSR count). The predicted octanol–water partition coefficient (Wildman–Crippen LogP) is 1.99. The number of aromatic nitrogens is 5. The van der Waals surface area contributed by atoms with Gasteiger partial charge >= 0.3 is 0 Å². The fourth-order valence-electron chi connectivity index (χ4n) is 5.09. The average Bonchev–Trinajstić information content (AvgIpc) is 3.28. The van der Waals surface area contributed by atoms with Gasteiger partial charge in [0.2, 0.25) is 11.9 Å². The average molecular weight is 436 g/mol. The minimum atomic E-state index is -0.241. The normalized spacial score (nSPS) is 23.4. The summed E-state index contributed by atoms with van der Waals surface area (Å²) in [5, 5.41) is 15.6. The second-order valence-electron chi connectivity index (χ2n) is 9.12. The van der Waals surface area contributed by atoms with Crippen LogP contribution in [0.25, 0.3) is 5.52 Å². The van der Waals surface area contributed by atoms with Gasteiger partial charge in [0.05, 0.1) is 0 Å². The lowest BCUT2D eigenvalue weighted by Gasteiger charge is -2.31. The van der Waals surface area contributed by atoms with Crippen molar-refractivity contribution in [1.82, 2.24) is 29.7 Å². The highest BCUT2D eigenvalue weighted by molar-refractivity contribution is 5.86. The summed E-state index contributed by atoms with van der Waals surface area (Å²) in [6.45, 7) is 2.07. The fourth-order valence-corrected chi connectivity index (χ4v) is 5.09. The van der Waals surface area contributed by atoms with Gasteiger partial charge in [0.1, 0.15) is 11.6 Å². The van der Waals surface area contributed by atoms with Crippen molar-refractivity contribution in [2.75, 3.05) is 29.9 Å². The molecule has 4 N–H and O–H groups in total. The maximum atomic E-state index is 13.4. The number of fused-ring (bicyclic) bond motifs is 1.